The van der Waals surface area contributed by atoms with Crippen molar-refractivity contribution in [3.63, 3.8) is 0 Å². The Labute approximate surface area is 115 Å². The third-order valence-corrected chi connectivity index (χ3v) is 2.99. The van der Waals surface area contributed by atoms with Gasteiger partial charge in [0.15, 0.2) is 0 Å². The van der Waals surface area contributed by atoms with Crippen LogP contribution in [0.1, 0.15) is 5.56 Å². The van der Waals surface area contributed by atoms with Gasteiger partial charge >= 0.3 is 0 Å². The van der Waals surface area contributed by atoms with Crippen LogP contribution in [0, 0.1) is 0 Å². The molecule has 0 bridgehead atoms. The second kappa shape index (κ2) is 5.78. The van der Waals surface area contributed by atoms with Crippen LogP contribution in [-0.4, -0.2) is 7.11 Å². The summed E-state index contributed by atoms with van der Waals surface area (Å²) in [6.45, 7) is 0.500. The highest BCUT2D eigenvalue weighted by Gasteiger charge is 2.01. The number of anilines is 1. The summed E-state index contributed by atoms with van der Waals surface area (Å²) >= 11 is 3.40. The maximum absolute atomic E-state index is 5.76. The van der Waals surface area contributed by atoms with Gasteiger partial charge in [-0.05, 0) is 17.7 Å². The first-order valence-electron chi connectivity index (χ1n) is 5.49. The first kappa shape index (κ1) is 12.8. The van der Waals surface area contributed by atoms with E-state index in [-0.39, 0.29) is 0 Å². The zero-order valence-corrected chi connectivity index (χ0v) is 11.6. The topological polar surface area (TPSA) is 44.5 Å². The van der Waals surface area contributed by atoms with E-state index < -0.39 is 0 Å². The average molecular weight is 308 g/mol. The van der Waals surface area contributed by atoms with Crippen LogP contribution in [-0.2, 0) is 6.61 Å². The second-order valence-corrected chi connectivity index (χ2v) is 4.77. The van der Waals surface area contributed by atoms with Crippen molar-refractivity contribution >= 4 is 21.6 Å². The molecule has 2 aromatic carbocycles. The van der Waals surface area contributed by atoms with Crippen LogP contribution in [0.4, 0.5) is 5.69 Å². The van der Waals surface area contributed by atoms with Crippen molar-refractivity contribution in [3.05, 3.63) is 52.5 Å². The molecule has 2 N–H and O–H groups in total. The van der Waals surface area contributed by atoms with Gasteiger partial charge in [-0.3, -0.25) is 0 Å². The number of benzene rings is 2. The molecule has 0 unspecified atom stereocenters. The van der Waals surface area contributed by atoms with E-state index in [1.807, 2.05) is 30.3 Å². The number of hydrogen-bond donors (Lipinski definition) is 1. The maximum Gasteiger partial charge on any atom is 0.125 e. The molecule has 0 atom stereocenters. The molecular formula is C14H14BrNO2. The van der Waals surface area contributed by atoms with E-state index >= 15 is 0 Å². The Balaban J connectivity index is 2.05. The standard InChI is InChI=1S/C14H14BrNO2/c1-17-13-6-12(16)7-14(8-13)18-9-10-2-4-11(15)5-3-10/h2-8H,9,16H2,1H3. The molecule has 4 heteroatoms. The number of methoxy groups -OCH3 is 1. The lowest BCUT2D eigenvalue weighted by atomic mass is 10.2. The summed E-state index contributed by atoms with van der Waals surface area (Å²) in [7, 11) is 1.60. The molecule has 0 amide bonds. The van der Waals surface area contributed by atoms with E-state index in [4.69, 9.17) is 15.2 Å². The third-order valence-electron chi connectivity index (χ3n) is 2.46. The Morgan fingerprint density at radius 3 is 2.39 bits per heavy atom. The van der Waals surface area contributed by atoms with Crippen molar-refractivity contribution in [2.24, 2.45) is 0 Å². The van der Waals surface area contributed by atoms with Crippen molar-refractivity contribution in [3.8, 4) is 11.5 Å². The molecule has 0 aromatic heterocycles. The first-order valence-corrected chi connectivity index (χ1v) is 6.28. The van der Waals surface area contributed by atoms with Gasteiger partial charge in [0.1, 0.15) is 18.1 Å². The Morgan fingerprint density at radius 2 is 1.72 bits per heavy atom. The molecule has 2 aromatic rings. The first-order chi connectivity index (χ1) is 8.67. The molecule has 3 nitrogen and oxygen atoms in total. The monoisotopic (exact) mass is 307 g/mol. The van der Waals surface area contributed by atoms with Crippen molar-refractivity contribution < 1.29 is 9.47 Å². The van der Waals surface area contributed by atoms with Gasteiger partial charge in [-0.2, -0.15) is 0 Å². The Bertz CT molecular complexity index is 526. The predicted octanol–water partition coefficient (Wildman–Crippen LogP) is 3.62. The minimum absolute atomic E-state index is 0.500. The highest BCUT2D eigenvalue weighted by Crippen LogP contribution is 2.24. The maximum atomic E-state index is 5.76. The second-order valence-electron chi connectivity index (χ2n) is 3.86. The van der Waals surface area contributed by atoms with Crippen molar-refractivity contribution in [1.82, 2.24) is 0 Å². The summed E-state index contributed by atoms with van der Waals surface area (Å²) in [5, 5.41) is 0. The van der Waals surface area contributed by atoms with E-state index in [0.717, 1.165) is 10.0 Å². The van der Waals surface area contributed by atoms with Gasteiger partial charge in [-0.15, -0.1) is 0 Å². The van der Waals surface area contributed by atoms with Gasteiger partial charge in [-0.25, -0.2) is 0 Å². The van der Waals surface area contributed by atoms with E-state index in [2.05, 4.69) is 15.9 Å². The number of hydrogen-bond acceptors (Lipinski definition) is 3. The fourth-order valence-electron chi connectivity index (χ4n) is 1.54. The number of nitrogens with two attached hydrogens (primary N) is 1. The van der Waals surface area contributed by atoms with Crippen molar-refractivity contribution in [2.75, 3.05) is 12.8 Å². The summed E-state index contributed by atoms with van der Waals surface area (Å²) in [5.74, 6) is 1.40. The smallest absolute Gasteiger partial charge is 0.125 e. The highest BCUT2D eigenvalue weighted by atomic mass is 79.9. The fourth-order valence-corrected chi connectivity index (χ4v) is 1.81. The molecule has 0 saturated carbocycles. The quantitative estimate of drug-likeness (QED) is 0.877. The summed E-state index contributed by atoms with van der Waals surface area (Å²) in [6.07, 6.45) is 0. The van der Waals surface area contributed by atoms with Crippen LogP contribution < -0.4 is 15.2 Å². The van der Waals surface area contributed by atoms with E-state index in [9.17, 15) is 0 Å². The summed E-state index contributed by atoms with van der Waals surface area (Å²) < 4.78 is 11.9. The number of halogens is 1. The van der Waals surface area contributed by atoms with Gasteiger partial charge in [0.2, 0.25) is 0 Å². The molecule has 0 fully saturated rings. The lowest BCUT2D eigenvalue weighted by molar-refractivity contribution is 0.304. The van der Waals surface area contributed by atoms with Crippen LogP contribution in [0.25, 0.3) is 0 Å². The molecular weight excluding hydrogens is 294 g/mol. The predicted molar refractivity (Wildman–Crippen MR) is 75.9 cm³/mol. The average Bonchev–Trinajstić information content (AvgIpc) is 2.37. The van der Waals surface area contributed by atoms with Gasteiger partial charge in [0.05, 0.1) is 7.11 Å². The zero-order chi connectivity index (χ0) is 13.0. The molecule has 0 aliphatic heterocycles. The van der Waals surface area contributed by atoms with Crippen LogP contribution in [0.5, 0.6) is 11.5 Å². The lowest BCUT2D eigenvalue weighted by Gasteiger charge is -2.09. The van der Waals surface area contributed by atoms with E-state index in [1.165, 1.54) is 0 Å². The molecule has 2 rings (SSSR count). The molecule has 0 aliphatic rings. The van der Waals surface area contributed by atoms with Gasteiger partial charge in [0, 0.05) is 28.4 Å². The van der Waals surface area contributed by atoms with Crippen molar-refractivity contribution in [1.29, 1.82) is 0 Å². The zero-order valence-electron chi connectivity index (χ0n) is 10.0. The number of rotatable bonds is 4. The minimum Gasteiger partial charge on any atom is -0.497 e. The van der Waals surface area contributed by atoms with Gasteiger partial charge in [0.25, 0.3) is 0 Å². The highest BCUT2D eigenvalue weighted by molar-refractivity contribution is 9.10. The molecule has 0 spiro atoms. The molecule has 94 valence electrons. The Hall–Kier alpha value is -1.68. The Morgan fingerprint density at radius 1 is 1.06 bits per heavy atom. The van der Waals surface area contributed by atoms with Crippen LogP contribution >= 0.6 is 15.9 Å². The van der Waals surface area contributed by atoms with E-state index in [0.29, 0.717) is 23.8 Å². The number of ether oxygens (including phenoxy) is 2. The minimum atomic E-state index is 0.500. The molecule has 18 heavy (non-hydrogen) atoms. The van der Waals surface area contributed by atoms with E-state index in [1.54, 1.807) is 19.2 Å². The molecule has 0 radical (unpaired) electrons. The fraction of sp³-hybridized carbons (Fsp3) is 0.143. The van der Waals surface area contributed by atoms with Gasteiger partial charge < -0.3 is 15.2 Å². The summed E-state index contributed by atoms with van der Waals surface area (Å²) in [5.41, 5.74) is 7.48. The summed E-state index contributed by atoms with van der Waals surface area (Å²) in [4.78, 5) is 0. The van der Waals surface area contributed by atoms with Crippen molar-refractivity contribution in [2.45, 2.75) is 6.61 Å². The molecule has 0 heterocycles. The van der Waals surface area contributed by atoms with Crippen LogP contribution in [0.15, 0.2) is 46.9 Å². The largest absolute Gasteiger partial charge is 0.497 e. The molecule has 0 aliphatic carbocycles. The van der Waals surface area contributed by atoms with Gasteiger partial charge in [-0.1, -0.05) is 28.1 Å². The summed E-state index contributed by atoms with van der Waals surface area (Å²) in [6, 6.07) is 13.3. The SMILES string of the molecule is COc1cc(N)cc(OCc2ccc(Br)cc2)c1. The lowest BCUT2D eigenvalue weighted by Crippen LogP contribution is -1.97. The Kier molecular flexibility index (Phi) is 4.10. The van der Waals surface area contributed by atoms with Crippen LogP contribution in [0.2, 0.25) is 0 Å². The molecule has 0 saturated heterocycles. The normalized spacial score (nSPS) is 10.1. The third kappa shape index (κ3) is 3.40. The number of nitrogen functional groups attached to an aromatic ring is 1. The van der Waals surface area contributed by atoms with Crippen LogP contribution in [0.3, 0.4) is 0 Å².